The number of aliphatic hydroxyl groups excluding tert-OH is 2. The molecule has 0 fully saturated rings. The summed E-state index contributed by atoms with van der Waals surface area (Å²) in [5, 5.41) is 24.4. The minimum atomic E-state index is -3.69. The third-order valence-corrected chi connectivity index (χ3v) is 16.8. The second-order valence-corrected chi connectivity index (χ2v) is 20.2. The maximum Gasteiger partial charge on any atom is 0.179 e. The van der Waals surface area contributed by atoms with E-state index in [-0.39, 0.29) is 21.3 Å². The number of anilines is 2. The third-order valence-electron chi connectivity index (χ3n) is 12.8. The average Bonchev–Trinajstić information content (AvgIpc) is 3.27. The highest BCUT2D eigenvalue weighted by molar-refractivity contribution is 7.91. The zero-order chi connectivity index (χ0) is 39.8. The van der Waals surface area contributed by atoms with Crippen LogP contribution in [0.5, 0.6) is 0 Å². The highest BCUT2D eigenvalue weighted by Crippen LogP contribution is 2.51. The van der Waals surface area contributed by atoms with Crippen LogP contribution in [0, 0.1) is 10.8 Å². The molecule has 4 aromatic carbocycles. The average molecular weight is 787 g/mol. The van der Waals surface area contributed by atoms with Gasteiger partial charge in [0.15, 0.2) is 19.7 Å². The Morgan fingerprint density at radius 3 is 1.27 bits per heavy atom. The first-order valence-corrected chi connectivity index (χ1v) is 23.2. The molecule has 0 aromatic heterocycles. The van der Waals surface area contributed by atoms with E-state index in [1.165, 1.54) is 0 Å². The summed E-state index contributed by atoms with van der Waals surface area (Å²) in [6.45, 7) is 8.11. The van der Waals surface area contributed by atoms with Crippen LogP contribution in [0.4, 0.5) is 11.4 Å². The molecule has 0 bridgehead atoms. The first kappa shape index (κ1) is 40.9. The molecule has 6 rings (SSSR count). The van der Waals surface area contributed by atoms with Crippen molar-refractivity contribution in [2.45, 2.75) is 119 Å². The quantitative estimate of drug-likeness (QED) is 0.105. The largest absolute Gasteiger partial charge is 0.399 e. The summed E-state index contributed by atoms with van der Waals surface area (Å²) >= 11 is 0. The maximum absolute atomic E-state index is 13.9. The number of sulfone groups is 2. The molecule has 0 unspecified atom stereocenters. The van der Waals surface area contributed by atoms with E-state index in [1.807, 2.05) is 62.4 Å². The van der Waals surface area contributed by atoms with Crippen LogP contribution in [-0.2, 0) is 26.1 Å². The minimum absolute atomic E-state index is 0.107. The van der Waals surface area contributed by atoms with Crippen LogP contribution in [-0.4, -0.2) is 50.8 Å². The predicted octanol–water partition coefficient (Wildman–Crippen LogP) is 8.18. The predicted molar refractivity (Wildman–Crippen MR) is 222 cm³/mol. The molecule has 10 heteroatoms. The van der Waals surface area contributed by atoms with Gasteiger partial charge in [0.1, 0.15) is 0 Å². The molecule has 296 valence electrons. The van der Waals surface area contributed by atoms with Gasteiger partial charge in [-0.3, -0.25) is 0 Å². The van der Waals surface area contributed by atoms with Gasteiger partial charge >= 0.3 is 0 Å². The Morgan fingerprint density at radius 2 is 0.945 bits per heavy atom. The summed E-state index contributed by atoms with van der Waals surface area (Å²) in [5.74, 6) is -1.35. The van der Waals surface area contributed by atoms with E-state index in [0.717, 1.165) is 47.9 Å². The van der Waals surface area contributed by atoms with Crippen LogP contribution in [0.1, 0.15) is 124 Å². The molecule has 55 heavy (non-hydrogen) atoms. The summed E-state index contributed by atoms with van der Waals surface area (Å²) in [4.78, 5) is 0.481. The fourth-order valence-corrected chi connectivity index (χ4v) is 13.9. The maximum atomic E-state index is 13.9. The van der Waals surface area contributed by atoms with Gasteiger partial charge in [-0.2, -0.15) is 0 Å². The van der Waals surface area contributed by atoms with Crippen molar-refractivity contribution in [3.8, 4) is 0 Å². The number of nitrogens with two attached hydrogens (primary N) is 2. The van der Waals surface area contributed by atoms with Crippen molar-refractivity contribution in [3.05, 3.63) is 118 Å². The highest BCUT2D eigenvalue weighted by atomic mass is 32.2. The number of hydrogen-bond donors (Lipinski definition) is 4. The lowest BCUT2D eigenvalue weighted by atomic mass is 9.69. The van der Waals surface area contributed by atoms with Crippen LogP contribution in [0.3, 0.4) is 0 Å². The summed E-state index contributed by atoms with van der Waals surface area (Å²) in [5.41, 5.74) is 16.6. The zero-order valence-corrected chi connectivity index (χ0v) is 34.3. The van der Waals surface area contributed by atoms with E-state index in [0.29, 0.717) is 54.6 Å². The van der Waals surface area contributed by atoms with Crippen molar-refractivity contribution < 1.29 is 27.0 Å². The van der Waals surface area contributed by atoms with Crippen LogP contribution in [0.25, 0.3) is 0 Å². The molecule has 2 heterocycles. The van der Waals surface area contributed by atoms with Crippen molar-refractivity contribution in [2.75, 3.05) is 23.0 Å². The Kier molecular flexibility index (Phi) is 11.9. The molecule has 6 N–H and O–H groups in total. The highest BCUT2D eigenvalue weighted by Gasteiger charge is 2.50. The fraction of sp³-hybridized carbons (Fsp3) is 0.467. The van der Waals surface area contributed by atoms with Gasteiger partial charge in [0, 0.05) is 34.0 Å². The van der Waals surface area contributed by atoms with Gasteiger partial charge in [-0.15, -0.1) is 0 Å². The molecule has 0 amide bonds. The van der Waals surface area contributed by atoms with Crippen molar-refractivity contribution in [1.29, 1.82) is 0 Å². The molecule has 2 aliphatic heterocycles. The Hall–Kier alpha value is -3.70. The molecular formula is C45H58N2O6S2. The van der Waals surface area contributed by atoms with Crippen LogP contribution < -0.4 is 11.5 Å². The van der Waals surface area contributed by atoms with Gasteiger partial charge in [0.05, 0.1) is 33.5 Å². The molecule has 2 aliphatic rings. The molecule has 0 aliphatic carbocycles. The molecule has 6 atom stereocenters. The topological polar surface area (TPSA) is 161 Å². The molecule has 4 aromatic rings. The summed E-state index contributed by atoms with van der Waals surface area (Å²) in [6.07, 6.45) is 4.49. The Bertz CT molecular complexity index is 2050. The van der Waals surface area contributed by atoms with Gasteiger partial charge in [0.25, 0.3) is 0 Å². The van der Waals surface area contributed by atoms with Gasteiger partial charge in [-0.1, -0.05) is 102 Å². The van der Waals surface area contributed by atoms with Gasteiger partial charge in [0.2, 0.25) is 0 Å². The molecule has 0 saturated carbocycles. The van der Waals surface area contributed by atoms with Crippen LogP contribution in [0.2, 0.25) is 0 Å². The molecule has 0 spiro atoms. The lowest BCUT2D eigenvalue weighted by Crippen LogP contribution is -2.42. The summed E-state index contributed by atoms with van der Waals surface area (Å²) in [6, 6.07) is 26.0. The van der Waals surface area contributed by atoms with E-state index in [1.54, 1.807) is 36.4 Å². The number of hydrogen-bond acceptors (Lipinski definition) is 8. The molecule has 8 nitrogen and oxygen atoms in total. The van der Waals surface area contributed by atoms with Crippen molar-refractivity contribution in [1.82, 2.24) is 0 Å². The second-order valence-electron chi connectivity index (χ2n) is 16.3. The molecule has 0 saturated heterocycles. The number of benzene rings is 4. The van der Waals surface area contributed by atoms with Gasteiger partial charge in [-0.25, -0.2) is 16.8 Å². The monoisotopic (exact) mass is 786 g/mol. The van der Waals surface area contributed by atoms with Crippen LogP contribution in [0.15, 0.2) is 94.7 Å². The first-order chi connectivity index (χ1) is 26.1. The smallest absolute Gasteiger partial charge is 0.179 e. The third kappa shape index (κ3) is 7.85. The van der Waals surface area contributed by atoms with Crippen molar-refractivity contribution >= 4 is 31.0 Å². The number of rotatable bonds is 12. The van der Waals surface area contributed by atoms with E-state index < -0.39 is 54.5 Å². The Balaban J connectivity index is 1.33. The van der Waals surface area contributed by atoms with Gasteiger partial charge in [-0.05, 0) is 102 Å². The molecule has 0 radical (unpaired) electrons. The van der Waals surface area contributed by atoms with Crippen molar-refractivity contribution in [2.24, 2.45) is 10.8 Å². The minimum Gasteiger partial charge on any atom is -0.399 e. The number of nitrogen functional groups attached to an aromatic ring is 2. The first-order valence-electron chi connectivity index (χ1n) is 19.9. The standard InChI is InChI=1S/C45H58N2O6S2/c1-5-9-23-44(7-3)28-54(50,51)38-21-19-34(46)26-36(38)40(42(44)48)32-15-11-30(12-16-32)25-31-13-17-33(18-14-31)41-37-27-35(47)20-22-39(37)55(52,53)29-45(8-4,43(41)49)24-10-6-2/h11-22,26-27,40-43,48-49H,5-10,23-25,28-29,46-47H2,1-4H3/t40-,41+,42-,43+,44+,45-. The summed E-state index contributed by atoms with van der Waals surface area (Å²) < 4.78 is 55.5. The SMILES string of the molecule is CCCC[C@@]1(CC)CS(=O)(=O)c2ccc(N)cc2[C@@H](c2ccc(Cc3ccc([C@H]4c5cc(N)ccc5S(=O)(=O)C[C@@](CC)(CCCC)[C@H]4O)cc3)cc2)[C@H]1O. The lowest BCUT2D eigenvalue weighted by Gasteiger charge is -2.39. The second kappa shape index (κ2) is 16.0. The van der Waals surface area contributed by atoms with E-state index in [9.17, 15) is 27.0 Å². The number of fused-ring (bicyclic) bond motifs is 2. The zero-order valence-electron chi connectivity index (χ0n) is 32.7. The Morgan fingerprint density at radius 1 is 0.582 bits per heavy atom. The van der Waals surface area contributed by atoms with Gasteiger partial charge < -0.3 is 21.7 Å². The van der Waals surface area contributed by atoms with E-state index >= 15 is 0 Å². The van der Waals surface area contributed by atoms with Crippen molar-refractivity contribution in [3.63, 3.8) is 0 Å². The van der Waals surface area contributed by atoms with E-state index in [4.69, 9.17) is 11.5 Å². The summed E-state index contributed by atoms with van der Waals surface area (Å²) in [7, 11) is -7.38. The lowest BCUT2D eigenvalue weighted by molar-refractivity contribution is 0.0173. The normalized spacial score (nSPS) is 27.0. The fourth-order valence-electron chi connectivity index (χ4n) is 9.44. The van der Waals surface area contributed by atoms with Crippen LogP contribution >= 0.6 is 0 Å². The number of unbranched alkanes of at least 4 members (excludes halogenated alkanes) is 2. The number of aliphatic hydroxyl groups is 2. The Labute approximate surface area is 328 Å². The molecular weight excluding hydrogens is 729 g/mol. The van der Waals surface area contributed by atoms with E-state index in [2.05, 4.69) is 13.8 Å².